The fraction of sp³-hybridized carbons (Fsp3) is 0.250. The summed E-state index contributed by atoms with van der Waals surface area (Å²) in [6, 6.07) is 10.5. The molecule has 0 fully saturated rings. The fourth-order valence-corrected chi connectivity index (χ4v) is 3.35. The van der Waals surface area contributed by atoms with Gasteiger partial charge in [-0.15, -0.1) is 11.8 Å². The lowest BCUT2D eigenvalue weighted by Crippen LogP contribution is -2.15. The number of aromatic nitrogens is 1. The van der Waals surface area contributed by atoms with Crippen LogP contribution in [-0.2, 0) is 5.75 Å². The molecule has 0 aliphatic carbocycles. The van der Waals surface area contributed by atoms with Crippen molar-refractivity contribution < 1.29 is 0 Å². The van der Waals surface area contributed by atoms with Crippen LogP contribution in [0, 0.1) is 26.2 Å². The number of nitrogens with zero attached hydrogens (tertiary/aromatic N) is 1. The molecule has 104 valence electrons. The van der Waals surface area contributed by atoms with Crippen molar-refractivity contribution in [1.82, 2.24) is 4.98 Å². The van der Waals surface area contributed by atoms with Crippen LogP contribution in [0.4, 0.5) is 0 Å². The minimum absolute atomic E-state index is 0.0849. The van der Waals surface area contributed by atoms with Gasteiger partial charge in [0, 0.05) is 22.0 Å². The third-order valence-corrected chi connectivity index (χ3v) is 4.15. The molecule has 3 N–H and O–H groups in total. The molecule has 0 amide bonds. The van der Waals surface area contributed by atoms with Crippen molar-refractivity contribution in [3.05, 3.63) is 58.4 Å². The summed E-state index contributed by atoms with van der Waals surface area (Å²) in [5.74, 6) is 0.951. The number of aryl methyl sites for hydroxylation is 3. The van der Waals surface area contributed by atoms with E-state index >= 15 is 0 Å². The second-order valence-electron chi connectivity index (χ2n) is 4.91. The molecule has 0 radical (unpaired) electrons. The van der Waals surface area contributed by atoms with E-state index in [0.717, 1.165) is 27.6 Å². The largest absolute Gasteiger partial charge is 0.384 e. The van der Waals surface area contributed by atoms with E-state index < -0.39 is 0 Å². The first-order valence-electron chi connectivity index (χ1n) is 6.48. The number of nitrogen functional groups attached to an aromatic ring is 1. The Morgan fingerprint density at radius 2 is 2.00 bits per heavy atom. The van der Waals surface area contributed by atoms with Crippen molar-refractivity contribution in [3.63, 3.8) is 0 Å². The molecular formula is C16H19N3S. The summed E-state index contributed by atoms with van der Waals surface area (Å²) in [5, 5.41) is 7.73. The Morgan fingerprint density at radius 3 is 2.65 bits per heavy atom. The summed E-state index contributed by atoms with van der Waals surface area (Å²) in [5.41, 5.74) is 10.8. The first kappa shape index (κ1) is 14.6. The Bertz CT molecular complexity index is 650. The number of rotatable bonds is 4. The highest BCUT2D eigenvalue weighted by Crippen LogP contribution is 2.28. The van der Waals surface area contributed by atoms with Gasteiger partial charge in [-0.05, 0) is 32.4 Å². The van der Waals surface area contributed by atoms with Gasteiger partial charge in [-0.25, -0.2) is 0 Å². The zero-order chi connectivity index (χ0) is 14.7. The van der Waals surface area contributed by atoms with E-state index in [1.165, 1.54) is 11.1 Å². The average Bonchev–Trinajstić information content (AvgIpc) is 2.35. The summed E-state index contributed by atoms with van der Waals surface area (Å²) in [6.45, 7) is 5.96. The van der Waals surface area contributed by atoms with Crippen LogP contribution in [0.2, 0.25) is 0 Å². The van der Waals surface area contributed by atoms with Crippen LogP contribution in [0.1, 0.15) is 28.1 Å². The Morgan fingerprint density at radius 1 is 1.25 bits per heavy atom. The van der Waals surface area contributed by atoms with Gasteiger partial charge in [0.2, 0.25) is 0 Å². The highest BCUT2D eigenvalue weighted by atomic mass is 32.2. The van der Waals surface area contributed by atoms with Gasteiger partial charge in [-0.2, -0.15) is 0 Å². The van der Waals surface area contributed by atoms with Gasteiger partial charge in [-0.3, -0.25) is 10.4 Å². The smallest absolute Gasteiger partial charge is 0.125 e. The molecule has 1 heterocycles. The van der Waals surface area contributed by atoms with Gasteiger partial charge in [0.15, 0.2) is 0 Å². The van der Waals surface area contributed by atoms with Gasteiger partial charge >= 0.3 is 0 Å². The predicted molar refractivity (Wildman–Crippen MR) is 85.5 cm³/mol. The third-order valence-electron chi connectivity index (χ3n) is 3.04. The van der Waals surface area contributed by atoms with Crippen molar-refractivity contribution in [2.75, 3.05) is 0 Å². The maximum atomic E-state index is 7.73. The zero-order valence-electron chi connectivity index (χ0n) is 12.0. The number of benzene rings is 1. The zero-order valence-corrected chi connectivity index (χ0v) is 12.8. The van der Waals surface area contributed by atoms with Gasteiger partial charge in [-0.1, -0.05) is 29.8 Å². The number of amidine groups is 1. The monoisotopic (exact) mass is 285 g/mol. The molecule has 4 heteroatoms. The predicted octanol–water partition coefficient (Wildman–Crippen LogP) is 3.58. The van der Waals surface area contributed by atoms with Gasteiger partial charge in [0.05, 0.1) is 5.56 Å². The molecule has 0 aliphatic heterocycles. The molecule has 0 atom stereocenters. The van der Waals surface area contributed by atoms with Gasteiger partial charge in [0.1, 0.15) is 5.84 Å². The van der Waals surface area contributed by atoms with Crippen molar-refractivity contribution >= 4 is 17.6 Å². The molecule has 20 heavy (non-hydrogen) atoms. The molecule has 0 saturated carbocycles. The second kappa shape index (κ2) is 6.09. The van der Waals surface area contributed by atoms with Gasteiger partial charge in [0.25, 0.3) is 0 Å². The summed E-state index contributed by atoms with van der Waals surface area (Å²) in [6.07, 6.45) is 0. The normalized spacial score (nSPS) is 10.6. The second-order valence-corrected chi connectivity index (χ2v) is 5.93. The van der Waals surface area contributed by atoms with Crippen molar-refractivity contribution in [2.24, 2.45) is 5.73 Å². The van der Waals surface area contributed by atoms with Crippen LogP contribution in [-0.4, -0.2) is 10.8 Å². The summed E-state index contributed by atoms with van der Waals surface area (Å²) in [4.78, 5) is 5.42. The van der Waals surface area contributed by atoms with Crippen molar-refractivity contribution in [1.29, 1.82) is 5.41 Å². The number of nitrogens with one attached hydrogen (secondary N) is 1. The standard InChI is InChI=1S/C16H19N3S/c1-10-5-4-6-13(7-10)9-20-14-8-11(2)19-12(3)15(14)16(17)18/h4-8H,9H2,1-3H3,(H3,17,18). The molecule has 1 aromatic carbocycles. The minimum atomic E-state index is 0.0849. The Labute approximate surface area is 124 Å². The molecule has 2 rings (SSSR count). The maximum absolute atomic E-state index is 7.73. The van der Waals surface area contributed by atoms with Crippen molar-refractivity contribution in [2.45, 2.75) is 31.4 Å². The fourth-order valence-electron chi connectivity index (χ4n) is 2.20. The van der Waals surface area contributed by atoms with E-state index in [4.69, 9.17) is 11.1 Å². The van der Waals surface area contributed by atoms with Crippen LogP contribution >= 0.6 is 11.8 Å². The number of thioether (sulfide) groups is 1. The van der Waals surface area contributed by atoms with E-state index in [9.17, 15) is 0 Å². The Balaban J connectivity index is 2.27. The topological polar surface area (TPSA) is 62.8 Å². The maximum Gasteiger partial charge on any atom is 0.125 e. The van der Waals surface area contributed by atoms with Gasteiger partial charge < -0.3 is 5.73 Å². The van der Waals surface area contributed by atoms with Crippen LogP contribution in [0.5, 0.6) is 0 Å². The number of pyridine rings is 1. The first-order valence-corrected chi connectivity index (χ1v) is 7.47. The van der Waals surface area contributed by atoms with Crippen LogP contribution in [0.15, 0.2) is 35.2 Å². The Hall–Kier alpha value is -1.81. The summed E-state index contributed by atoms with van der Waals surface area (Å²) < 4.78 is 0. The molecule has 0 unspecified atom stereocenters. The quantitative estimate of drug-likeness (QED) is 0.512. The molecule has 0 aliphatic rings. The summed E-state index contributed by atoms with van der Waals surface area (Å²) in [7, 11) is 0. The number of nitrogens with two attached hydrogens (primary N) is 1. The van der Waals surface area contributed by atoms with Crippen LogP contribution in [0.3, 0.4) is 0 Å². The first-order chi connectivity index (χ1) is 9.47. The summed E-state index contributed by atoms with van der Waals surface area (Å²) >= 11 is 1.70. The number of hydrogen-bond donors (Lipinski definition) is 2. The van der Waals surface area contributed by atoms with E-state index in [0.29, 0.717) is 0 Å². The SMILES string of the molecule is Cc1cccc(CSc2cc(C)nc(C)c2C(=N)N)c1. The Kier molecular flexibility index (Phi) is 4.45. The molecule has 0 bridgehead atoms. The molecule has 0 saturated heterocycles. The third kappa shape index (κ3) is 3.39. The highest BCUT2D eigenvalue weighted by molar-refractivity contribution is 7.98. The average molecular weight is 285 g/mol. The number of hydrogen-bond acceptors (Lipinski definition) is 3. The molecule has 2 aromatic rings. The lowest BCUT2D eigenvalue weighted by molar-refractivity contribution is 1.07. The molecular weight excluding hydrogens is 266 g/mol. The van der Waals surface area contributed by atoms with Crippen molar-refractivity contribution in [3.8, 4) is 0 Å². The lowest BCUT2D eigenvalue weighted by Gasteiger charge is -2.12. The van der Waals surface area contributed by atoms with E-state index in [1.54, 1.807) is 11.8 Å². The lowest BCUT2D eigenvalue weighted by atomic mass is 10.1. The van der Waals surface area contributed by atoms with Crippen LogP contribution < -0.4 is 5.73 Å². The van der Waals surface area contributed by atoms with Crippen LogP contribution in [0.25, 0.3) is 0 Å². The van der Waals surface area contributed by atoms with E-state index in [-0.39, 0.29) is 5.84 Å². The molecule has 0 spiro atoms. The highest BCUT2D eigenvalue weighted by Gasteiger charge is 2.11. The van der Waals surface area contributed by atoms with E-state index in [1.807, 2.05) is 19.9 Å². The molecule has 3 nitrogen and oxygen atoms in total. The molecule has 1 aromatic heterocycles. The van der Waals surface area contributed by atoms with E-state index in [2.05, 4.69) is 36.2 Å². The minimum Gasteiger partial charge on any atom is -0.384 e.